The first-order valence-corrected chi connectivity index (χ1v) is 5.90. The molecule has 2 fully saturated rings. The van der Waals surface area contributed by atoms with E-state index in [9.17, 15) is 5.11 Å². The van der Waals surface area contributed by atoms with Gasteiger partial charge in [0.25, 0.3) is 0 Å². The van der Waals surface area contributed by atoms with E-state index in [-0.39, 0.29) is 11.5 Å². The summed E-state index contributed by atoms with van der Waals surface area (Å²) < 4.78 is 11.7. The van der Waals surface area contributed by atoms with E-state index in [1.807, 2.05) is 0 Å². The summed E-state index contributed by atoms with van der Waals surface area (Å²) in [6.45, 7) is 1.36. The predicted octanol–water partition coefficient (Wildman–Crippen LogP) is 1.61. The van der Waals surface area contributed by atoms with Crippen LogP contribution in [0, 0.1) is 5.41 Å². The Morgan fingerprint density at radius 2 is 1.93 bits per heavy atom. The Morgan fingerprint density at radius 3 is 2.67 bits per heavy atom. The van der Waals surface area contributed by atoms with Crippen molar-refractivity contribution in [1.29, 1.82) is 0 Å². The Morgan fingerprint density at radius 1 is 1.13 bits per heavy atom. The zero-order chi connectivity index (χ0) is 10.4. The largest absolute Gasteiger partial charge is 0.392 e. The fourth-order valence-corrected chi connectivity index (χ4v) is 3.52. The Bertz CT molecular complexity index is 275. The fourth-order valence-electron chi connectivity index (χ4n) is 3.52. The van der Waals surface area contributed by atoms with Crippen LogP contribution in [0.3, 0.4) is 0 Å². The van der Waals surface area contributed by atoms with Crippen LogP contribution in [0.5, 0.6) is 0 Å². The predicted molar refractivity (Wildman–Crippen MR) is 55.3 cm³/mol. The summed E-state index contributed by atoms with van der Waals surface area (Å²) >= 11 is 0. The van der Waals surface area contributed by atoms with Crippen LogP contribution in [0.2, 0.25) is 0 Å². The van der Waals surface area contributed by atoms with E-state index < -0.39 is 5.79 Å². The molecule has 1 saturated carbocycles. The summed E-state index contributed by atoms with van der Waals surface area (Å²) in [5, 5.41) is 10.3. The minimum Gasteiger partial charge on any atom is -0.392 e. The molecule has 15 heavy (non-hydrogen) atoms. The molecule has 0 bridgehead atoms. The highest BCUT2D eigenvalue weighted by Gasteiger charge is 2.61. The maximum absolute atomic E-state index is 10.3. The third-order valence-corrected chi connectivity index (χ3v) is 4.29. The molecule has 3 nitrogen and oxygen atoms in total. The van der Waals surface area contributed by atoms with Crippen LogP contribution in [0.25, 0.3) is 0 Å². The van der Waals surface area contributed by atoms with Crippen molar-refractivity contribution in [1.82, 2.24) is 0 Å². The van der Waals surface area contributed by atoms with Crippen molar-refractivity contribution in [3.8, 4) is 0 Å². The van der Waals surface area contributed by atoms with Crippen LogP contribution in [-0.4, -0.2) is 30.2 Å². The smallest absolute Gasteiger partial charge is 0.176 e. The number of hydrogen-bond acceptors (Lipinski definition) is 3. The number of rotatable bonds is 0. The van der Waals surface area contributed by atoms with E-state index >= 15 is 0 Å². The van der Waals surface area contributed by atoms with Crippen molar-refractivity contribution in [3.63, 3.8) is 0 Å². The summed E-state index contributed by atoms with van der Waals surface area (Å²) in [4.78, 5) is 0. The average Bonchev–Trinajstić information content (AvgIpc) is 2.83. The summed E-state index contributed by atoms with van der Waals surface area (Å²) in [6.07, 6.45) is 8.65. The maximum atomic E-state index is 10.3. The number of allylic oxidation sites excluding steroid dienone is 1. The standard InChI is InChI=1S/C12H18O3/c13-10-4-1-2-5-11(10)6-3-7-12(11)14-8-9-15-12/h1-2,10,13H,3-9H2/t10-,11-/m0/s1. The van der Waals surface area contributed by atoms with Gasteiger partial charge in [0, 0.05) is 6.42 Å². The molecular weight excluding hydrogens is 192 g/mol. The van der Waals surface area contributed by atoms with E-state index in [4.69, 9.17) is 9.47 Å². The van der Waals surface area contributed by atoms with Crippen molar-refractivity contribution in [2.45, 2.75) is 44.0 Å². The molecule has 0 unspecified atom stereocenters. The van der Waals surface area contributed by atoms with E-state index in [0.29, 0.717) is 13.2 Å². The second kappa shape index (κ2) is 3.30. The van der Waals surface area contributed by atoms with Crippen molar-refractivity contribution in [2.24, 2.45) is 5.41 Å². The van der Waals surface area contributed by atoms with Crippen LogP contribution in [-0.2, 0) is 9.47 Å². The SMILES string of the molecule is O[C@H]1CC=CC[C@]12CCCC21OCCO1. The molecule has 3 aliphatic rings. The van der Waals surface area contributed by atoms with Crippen LogP contribution in [0.4, 0.5) is 0 Å². The molecule has 3 heteroatoms. The van der Waals surface area contributed by atoms with Crippen molar-refractivity contribution in [3.05, 3.63) is 12.2 Å². The van der Waals surface area contributed by atoms with Gasteiger partial charge < -0.3 is 14.6 Å². The molecule has 0 radical (unpaired) electrons. The average molecular weight is 210 g/mol. The van der Waals surface area contributed by atoms with Crippen LogP contribution in [0.1, 0.15) is 32.1 Å². The topological polar surface area (TPSA) is 38.7 Å². The van der Waals surface area contributed by atoms with Gasteiger partial charge in [-0.15, -0.1) is 0 Å². The molecule has 2 atom stereocenters. The van der Waals surface area contributed by atoms with Gasteiger partial charge in [0.2, 0.25) is 0 Å². The monoisotopic (exact) mass is 210 g/mol. The van der Waals surface area contributed by atoms with Crippen LogP contribution < -0.4 is 0 Å². The van der Waals surface area contributed by atoms with Gasteiger partial charge in [0.1, 0.15) is 0 Å². The molecule has 0 aromatic heterocycles. The van der Waals surface area contributed by atoms with E-state index in [0.717, 1.165) is 32.1 Å². The molecule has 84 valence electrons. The molecule has 1 aliphatic heterocycles. The first kappa shape index (κ1) is 9.82. The lowest BCUT2D eigenvalue weighted by Gasteiger charge is -2.45. The lowest BCUT2D eigenvalue weighted by molar-refractivity contribution is -0.248. The lowest BCUT2D eigenvalue weighted by Crippen LogP contribution is -2.52. The zero-order valence-corrected chi connectivity index (χ0v) is 8.95. The molecule has 1 saturated heterocycles. The highest BCUT2D eigenvalue weighted by molar-refractivity contribution is 5.12. The van der Waals surface area contributed by atoms with Crippen molar-refractivity contribution >= 4 is 0 Å². The third kappa shape index (κ3) is 1.17. The van der Waals surface area contributed by atoms with E-state index in [2.05, 4.69) is 12.2 Å². The second-order valence-electron chi connectivity index (χ2n) is 4.89. The molecule has 1 N–H and O–H groups in total. The number of hydrogen-bond donors (Lipinski definition) is 1. The zero-order valence-electron chi connectivity index (χ0n) is 8.95. The summed E-state index contributed by atoms with van der Waals surface area (Å²) in [5.74, 6) is -0.475. The maximum Gasteiger partial charge on any atom is 0.176 e. The van der Waals surface area contributed by atoms with Gasteiger partial charge in [-0.2, -0.15) is 0 Å². The molecule has 0 aromatic carbocycles. The van der Waals surface area contributed by atoms with E-state index in [1.165, 1.54) is 0 Å². The Balaban J connectivity index is 1.98. The molecule has 0 amide bonds. The van der Waals surface area contributed by atoms with Crippen molar-refractivity contribution in [2.75, 3.05) is 13.2 Å². The highest BCUT2D eigenvalue weighted by atomic mass is 16.7. The minimum atomic E-state index is -0.475. The van der Waals surface area contributed by atoms with Gasteiger partial charge in [-0.05, 0) is 25.7 Å². The lowest BCUT2D eigenvalue weighted by atomic mass is 9.70. The van der Waals surface area contributed by atoms with Gasteiger partial charge in [-0.25, -0.2) is 0 Å². The molecule has 1 heterocycles. The van der Waals surface area contributed by atoms with Gasteiger partial charge in [0.15, 0.2) is 5.79 Å². The van der Waals surface area contributed by atoms with Gasteiger partial charge in [-0.3, -0.25) is 0 Å². The first-order valence-electron chi connectivity index (χ1n) is 5.90. The Labute approximate surface area is 90.1 Å². The second-order valence-corrected chi connectivity index (χ2v) is 4.89. The van der Waals surface area contributed by atoms with E-state index in [1.54, 1.807) is 0 Å². The van der Waals surface area contributed by atoms with Gasteiger partial charge >= 0.3 is 0 Å². The summed E-state index contributed by atoms with van der Waals surface area (Å²) in [7, 11) is 0. The highest BCUT2D eigenvalue weighted by Crippen LogP contribution is 2.57. The van der Waals surface area contributed by atoms with Crippen LogP contribution in [0.15, 0.2) is 12.2 Å². The molecule has 3 rings (SSSR count). The van der Waals surface area contributed by atoms with Gasteiger partial charge in [-0.1, -0.05) is 12.2 Å². The summed E-state index contributed by atoms with van der Waals surface area (Å²) in [6, 6.07) is 0. The third-order valence-electron chi connectivity index (χ3n) is 4.29. The van der Waals surface area contributed by atoms with Crippen molar-refractivity contribution < 1.29 is 14.6 Å². The minimum absolute atomic E-state index is 0.168. The number of aliphatic hydroxyl groups is 1. The number of aliphatic hydroxyl groups excluding tert-OH is 1. The first-order chi connectivity index (χ1) is 7.29. The number of ether oxygens (including phenoxy) is 2. The Hall–Kier alpha value is -0.380. The van der Waals surface area contributed by atoms with Crippen LogP contribution >= 0.6 is 0 Å². The molecule has 0 aromatic rings. The molecular formula is C12H18O3. The quantitative estimate of drug-likeness (QED) is 0.617. The molecule has 2 aliphatic carbocycles. The fraction of sp³-hybridized carbons (Fsp3) is 0.833. The molecule has 2 spiro atoms. The number of fused-ring (bicyclic) bond motifs is 1. The Kier molecular flexibility index (Phi) is 2.16. The summed E-state index contributed by atoms with van der Waals surface area (Å²) in [5.41, 5.74) is -0.168. The van der Waals surface area contributed by atoms with Gasteiger partial charge in [0.05, 0.1) is 24.7 Å². The normalized spacial score (nSPS) is 43.1.